The van der Waals surface area contributed by atoms with Crippen LogP contribution in [0.1, 0.15) is 34.3 Å². The number of likely N-dealkylation sites (tertiary alicyclic amines) is 1. The molecule has 2 aromatic rings. The van der Waals surface area contributed by atoms with Crippen LogP contribution in [0.25, 0.3) is 6.08 Å². The minimum atomic E-state index is -4.97. The number of ketones is 1. The molecule has 0 aliphatic carbocycles. The number of amides is 1. The van der Waals surface area contributed by atoms with Crippen LogP contribution >= 0.6 is 0 Å². The molecular weight excluding hydrogens is 409 g/mol. The maximum atomic E-state index is 12.6. The Labute approximate surface area is 178 Å². The van der Waals surface area contributed by atoms with E-state index in [1.165, 1.54) is 30.4 Å². The number of hydrogen-bond donors (Lipinski definition) is 1. The van der Waals surface area contributed by atoms with E-state index in [4.69, 9.17) is 4.74 Å². The highest BCUT2D eigenvalue weighted by Crippen LogP contribution is 2.24. The van der Waals surface area contributed by atoms with Gasteiger partial charge in [0, 0.05) is 23.4 Å². The van der Waals surface area contributed by atoms with E-state index in [1.807, 2.05) is 6.07 Å². The molecule has 3 rings (SSSR count). The first-order chi connectivity index (χ1) is 14.8. The zero-order chi connectivity index (χ0) is 22.4. The molecule has 31 heavy (non-hydrogen) atoms. The fourth-order valence-corrected chi connectivity index (χ4v) is 3.43. The highest BCUT2D eigenvalue weighted by molar-refractivity contribution is 6.07. The molecule has 1 aliphatic heterocycles. The van der Waals surface area contributed by atoms with Gasteiger partial charge in [-0.1, -0.05) is 18.2 Å². The predicted octanol–water partition coefficient (Wildman–Crippen LogP) is 4.69. The SMILES string of the molecule is COc1ccc(C(=O)/C=C/c2cccc(NC(=O)C(F)(F)F)c2)cc1CN1CCCC1. The third kappa shape index (κ3) is 6.18. The number of nitrogens with one attached hydrogen (secondary N) is 1. The molecule has 0 unspecified atom stereocenters. The largest absolute Gasteiger partial charge is 0.496 e. The van der Waals surface area contributed by atoms with Gasteiger partial charge in [-0.25, -0.2) is 0 Å². The Morgan fingerprint density at radius 1 is 1.13 bits per heavy atom. The van der Waals surface area contributed by atoms with E-state index < -0.39 is 12.1 Å². The highest BCUT2D eigenvalue weighted by Gasteiger charge is 2.38. The molecule has 1 amide bonds. The number of nitrogens with zero attached hydrogens (tertiary/aromatic N) is 1. The van der Waals surface area contributed by atoms with Gasteiger partial charge in [0.1, 0.15) is 5.75 Å². The zero-order valence-electron chi connectivity index (χ0n) is 17.0. The van der Waals surface area contributed by atoms with Crippen molar-refractivity contribution in [2.24, 2.45) is 0 Å². The molecule has 0 aromatic heterocycles. The van der Waals surface area contributed by atoms with Crippen molar-refractivity contribution in [1.82, 2.24) is 4.90 Å². The van der Waals surface area contributed by atoms with Gasteiger partial charge >= 0.3 is 12.1 Å². The number of carbonyl (C=O) groups excluding carboxylic acids is 2. The zero-order valence-corrected chi connectivity index (χ0v) is 17.0. The number of ether oxygens (including phenoxy) is 1. The van der Waals surface area contributed by atoms with Crippen LogP contribution in [-0.4, -0.2) is 43.0 Å². The average molecular weight is 432 g/mol. The molecule has 0 radical (unpaired) electrons. The van der Waals surface area contributed by atoms with Crippen LogP contribution in [0.2, 0.25) is 0 Å². The number of allylic oxidation sites excluding steroid dienone is 1. The molecule has 1 aliphatic rings. The molecular formula is C23H23F3N2O3. The lowest BCUT2D eigenvalue weighted by Crippen LogP contribution is -2.29. The number of carbonyl (C=O) groups is 2. The van der Waals surface area contributed by atoms with Crippen LogP contribution in [-0.2, 0) is 11.3 Å². The third-order valence-corrected chi connectivity index (χ3v) is 4.99. The van der Waals surface area contributed by atoms with Gasteiger partial charge in [0.05, 0.1) is 7.11 Å². The molecule has 0 bridgehead atoms. The van der Waals surface area contributed by atoms with Crippen LogP contribution in [0.15, 0.2) is 48.5 Å². The number of benzene rings is 2. The van der Waals surface area contributed by atoms with E-state index in [-0.39, 0.29) is 11.5 Å². The van der Waals surface area contributed by atoms with Crippen LogP contribution in [0.3, 0.4) is 0 Å². The van der Waals surface area contributed by atoms with Crippen molar-refractivity contribution in [3.8, 4) is 5.75 Å². The van der Waals surface area contributed by atoms with E-state index in [0.717, 1.165) is 37.2 Å². The minimum absolute atomic E-state index is 0.00530. The lowest BCUT2D eigenvalue weighted by atomic mass is 10.0. The van der Waals surface area contributed by atoms with Gasteiger partial charge in [0.2, 0.25) is 0 Å². The van der Waals surface area contributed by atoms with Gasteiger partial charge < -0.3 is 10.1 Å². The monoisotopic (exact) mass is 432 g/mol. The van der Waals surface area contributed by atoms with E-state index in [9.17, 15) is 22.8 Å². The second kappa shape index (κ2) is 9.78. The fourth-order valence-electron chi connectivity index (χ4n) is 3.43. The molecule has 164 valence electrons. The smallest absolute Gasteiger partial charge is 0.471 e. The molecule has 1 fully saturated rings. The quantitative estimate of drug-likeness (QED) is 0.510. The Kier molecular flexibility index (Phi) is 7.12. The summed E-state index contributed by atoms with van der Waals surface area (Å²) in [6.45, 7) is 2.74. The molecule has 1 N–H and O–H groups in total. The van der Waals surface area contributed by atoms with Crippen molar-refractivity contribution < 1.29 is 27.5 Å². The normalized spacial score (nSPS) is 14.7. The number of alkyl halides is 3. The van der Waals surface area contributed by atoms with Crippen molar-refractivity contribution in [3.05, 3.63) is 65.2 Å². The Balaban J connectivity index is 1.72. The van der Waals surface area contributed by atoms with E-state index in [2.05, 4.69) is 4.90 Å². The summed E-state index contributed by atoms with van der Waals surface area (Å²) in [4.78, 5) is 26.0. The Bertz CT molecular complexity index is 980. The molecule has 0 spiro atoms. The van der Waals surface area contributed by atoms with E-state index >= 15 is 0 Å². The predicted molar refractivity (Wildman–Crippen MR) is 112 cm³/mol. The Morgan fingerprint density at radius 2 is 1.87 bits per heavy atom. The number of halogens is 3. The van der Waals surface area contributed by atoms with Crippen molar-refractivity contribution in [2.45, 2.75) is 25.6 Å². The van der Waals surface area contributed by atoms with Crippen molar-refractivity contribution in [3.63, 3.8) is 0 Å². The van der Waals surface area contributed by atoms with Gasteiger partial charge in [-0.2, -0.15) is 13.2 Å². The Morgan fingerprint density at radius 3 is 2.55 bits per heavy atom. The number of anilines is 1. The molecule has 1 heterocycles. The summed E-state index contributed by atoms with van der Waals surface area (Å²) in [6.07, 6.45) is 0.198. The topological polar surface area (TPSA) is 58.6 Å². The van der Waals surface area contributed by atoms with Gasteiger partial charge in [-0.05, 0) is 67.9 Å². The van der Waals surface area contributed by atoms with Gasteiger partial charge in [-0.15, -0.1) is 0 Å². The molecule has 0 saturated carbocycles. The van der Waals surface area contributed by atoms with Crippen molar-refractivity contribution >= 4 is 23.5 Å². The maximum Gasteiger partial charge on any atom is 0.471 e. The average Bonchev–Trinajstić information content (AvgIpc) is 3.24. The fraction of sp³-hybridized carbons (Fsp3) is 0.304. The molecule has 1 saturated heterocycles. The van der Waals surface area contributed by atoms with E-state index in [1.54, 1.807) is 30.6 Å². The third-order valence-electron chi connectivity index (χ3n) is 4.99. The first kappa shape index (κ1) is 22.6. The second-order valence-electron chi connectivity index (χ2n) is 7.28. The summed E-state index contributed by atoms with van der Waals surface area (Å²) in [5.74, 6) is -1.57. The summed E-state index contributed by atoms with van der Waals surface area (Å²) in [7, 11) is 1.59. The molecule has 2 aromatic carbocycles. The van der Waals surface area contributed by atoms with Gasteiger partial charge in [0.15, 0.2) is 5.78 Å². The molecule has 5 nitrogen and oxygen atoms in total. The van der Waals surface area contributed by atoms with Gasteiger partial charge in [0.25, 0.3) is 0 Å². The second-order valence-corrected chi connectivity index (χ2v) is 7.28. The molecule has 8 heteroatoms. The summed E-state index contributed by atoms with van der Waals surface area (Å²) in [5, 5.41) is 1.79. The number of rotatable bonds is 7. The van der Waals surface area contributed by atoms with Gasteiger partial charge in [-0.3, -0.25) is 14.5 Å². The van der Waals surface area contributed by atoms with Crippen molar-refractivity contribution in [2.75, 3.05) is 25.5 Å². The highest BCUT2D eigenvalue weighted by atomic mass is 19.4. The molecule has 0 atom stereocenters. The first-order valence-electron chi connectivity index (χ1n) is 9.86. The minimum Gasteiger partial charge on any atom is -0.496 e. The van der Waals surface area contributed by atoms with Crippen molar-refractivity contribution in [1.29, 1.82) is 0 Å². The Hall–Kier alpha value is -3.13. The van der Waals surface area contributed by atoms with Crippen LogP contribution in [0.4, 0.5) is 18.9 Å². The summed E-state index contributed by atoms with van der Waals surface area (Å²) >= 11 is 0. The lowest BCUT2D eigenvalue weighted by molar-refractivity contribution is -0.167. The van der Waals surface area contributed by atoms with Crippen LogP contribution in [0, 0.1) is 0 Å². The summed E-state index contributed by atoms with van der Waals surface area (Å²) < 4.78 is 42.6. The maximum absolute atomic E-state index is 12.6. The van der Waals surface area contributed by atoms with Crippen LogP contribution < -0.4 is 10.1 Å². The number of methoxy groups -OCH3 is 1. The van der Waals surface area contributed by atoms with Crippen LogP contribution in [0.5, 0.6) is 5.75 Å². The summed E-state index contributed by atoms with van der Waals surface area (Å²) in [5.41, 5.74) is 1.90. The van der Waals surface area contributed by atoms with E-state index in [0.29, 0.717) is 17.7 Å². The number of hydrogen-bond acceptors (Lipinski definition) is 4. The lowest BCUT2D eigenvalue weighted by Gasteiger charge is -2.17. The summed E-state index contributed by atoms with van der Waals surface area (Å²) in [6, 6.07) is 11.1. The standard InChI is InChI=1S/C23H23F3N2O3/c1-31-21-10-8-17(14-18(21)15-28-11-2-3-12-28)20(29)9-7-16-5-4-6-19(13-16)27-22(30)23(24,25)26/h4-10,13-14H,2-3,11-12,15H2,1H3,(H,27,30)/b9-7+. The first-order valence-corrected chi connectivity index (χ1v) is 9.86.